The number of nitrogens with one attached hydrogen (secondary N) is 1. The van der Waals surface area contributed by atoms with E-state index in [0.29, 0.717) is 0 Å². The van der Waals surface area contributed by atoms with Gasteiger partial charge in [0.15, 0.2) is 0 Å². The summed E-state index contributed by atoms with van der Waals surface area (Å²) in [5.41, 5.74) is 5.47. The van der Waals surface area contributed by atoms with Crippen molar-refractivity contribution in [3.8, 4) is 0 Å². The quantitative estimate of drug-likeness (QED) is 0.423. The van der Waals surface area contributed by atoms with Gasteiger partial charge in [-0.15, -0.1) is 0 Å². The fourth-order valence-corrected chi connectivity index (χ4v) is 2.69. The average molecular weight is 344 g/mol. The van der Waals surface area contributed by atoms with Crippen molar-refractivity contribution in [2.75, 3.05) is 24.0 Å². The van der Waals surface area contributed by atoms with Gasteiger partial charge in [0.25, 0.3) is 0 Å². The molecule has 0 heterocycles. The third-order valence-electron chi connectivity index (χ3n) is 2.53. The largest absolute Gasteiger partial charge is 0.480 e. The van der Waals surface area contributed by atoms with E-state index in [1.165, 1.54) is 0 Å². The zero-order valence-corrected chi connectivity index (χ0v) is 13.4. The molecule has 0 saturated carbocycles. The lowest BCUT2D eigenvalue weighted by atomic mass is 10.2. The number of sulfone groups is 2. The second-order valence-corrected chi connectivity index (χ2v) is 9.36. The Morgan fingerprint density at radius 3 is 1.86 bits per heavy atom. The summed E-state index contributed by atoms with van der Waals surface area (Å²) in [4.78, 5) is 22.6. The third-order valence-corrected chi connectivity index (χ3v) is 4.48. The van der Waals surface area contributed by atoms with Gasteiger partial charge in [0, 0.05) is 12.5 Å². The minimum Gasteiger partial charge on any atom is -0.480 e. The highest BCUT2D eigenvalue weighted by Gasteiger charge is 2.24. The van der Waals surface area contributed by atoms with E-state index in [0.717, 1.165) is 12.5 Å². The monoisotopic (exact) mass is 344 g/mol. The molecule has 0 aliphatic carbocycles. The van der Waals surface area contributed by atoms with Crippen LogP contribution in [0.3, 0.4) is 0 Å². The van der Waals surface area contributed by atoms with Gasteiger partial charge in [0.1, 0.15) is 25.7 Å². The molecular weight excluding hydrogens is 324 g/mol. The maximum Gasteiger partial charge on any atom is 0.326 e. The summed E-state index contributed by atoms with van der Waals surface area (Å²) in [6.07, 6.45) is 1.50. The van der Waals surface area contributed by atoms with Crippen LogP contribution >= 0.6 is 0 Å². The highest BCUT2D eigenvalue weighted by Crippen LogP contribution is 2.00. The molecule has 0 aromatic carbocycles. The molecule has 11 heteroatoms. The van der Waals surface area contributed by atoms with Crippen molar-refractivity contribution >= 4 is 31.6 Å². The molecule has 4 N–H and O–H groups in total. The minimum absolute atomic E-state index is 0.150. The smallest absolute Gasteiger partial charge is 0.326 e. The van der Waals surface area contributed by atoms with Crippen LogP contribution in [0, 0.1) is 0 Å². The van der Waals surface area contributed by atoms with Gasteiger partial charge in [-0.1, -0.05) is 0 Å². The van der Waals surface area contributed by atoms with Crippen LogP contribution in [0.1, 0.15) is 12.8 Å². The van der Waals surface area contributed by atoms with Gasteiger partial charge in [-0.05, 0) is 12.8 Å². The van der Waals surface area contributed by atoms with Crippen LogP contribution in [-0.4, -0.2) is 69.9 Å². The first-order valence-corrected chi connectivity index (χ1v) is 10.1. The Labute approximate surface area is 123 Å². The van der Waals surface area contributed by atoms with Crippen LogP contribution in [0.2, 0.25) is 0 Å². The molecule has 124 valence electrons. The molecule has 0 saturated heterocycles. The van der Waals surface area contributed by atoms with Crippen LogP contribution in [0.25, 0.3) is 0 Å². The summed E-state index contributed by atoms with van der Waals surface area (Å²) in [5, 5.41) is 11.0. The SMILES string of the molecule is CS(=O)(=O)CCC(N)C(=O)NC(CCS(C)(=O)=O)C(=O)O. The van der Waals surface area contributed by atoms with Gasteiger partial charge in [-0.25, -0.2) is 21.6 Å². The molecule has 0 aliphatic heterocycles. The molecule has 0 spiro atoms. The highest BCUT2D eigenvalue weighted by molar-refractivity contribution is 7.90. The van der Waals surface area contributed by atoms with Crippen molar-refractivity contribution in [1.82, 2.24) is 5.32 Å². The molecule has 1 amide bonds. The highest BCUT2D eigenvalue weighted by atomic mass is 32.2. The van der Waals surface area contributed by atoms with E-state index in [1.54, 1.807) is 0 Å². The van der Waals surface area contributed by atoms with E-state index in [4.69, 9.17) is 10.8 Å². The predicted molar refractivity (Wildman–Crippen MR) is 76.2 cm³/mol. The molecule has 9 nitrogen and oxygen atoms in total. The van der Waals surface area contributed by atoms with E-state index in [2.05, 4.69) is 5.32 Å². The molecule has 0 aromatic rings. The summed E-state index contributed by atoms with van der Waals surface area (Å²) in [6.45, 7) is 0. The first kappa shape index (κ1) is 19.8. The Kier molecular flexibility index (Phi) is 7.27. The summed E-state index contributed by atoms with van der Waals surface area (Å²) in [6, 6.07) is -2.57. The fourth-order valence-electron chi connectivity index (χ4n) is 1.34. The van der Waals surface area contributed by atoms with Gasteiger partial charge in [-0.2, -0.15) is 0 Å². The first-order valence-electron chi connectivity index (χ1n) is 5.96. The van der Waals surface area contributed by atoms with Gasteiger partial charge in [0.2, 0.25) is 5.91 Å². The Balaban J connectivity index is 4.57. The summed E-state index contributed by atoms with van der Waals surface area (Å²) >= 11 is 0. The van der Waals surface area contributed by atoms with E-state index in [-0.39, 0.29) is 18.6 Å². The lowest BCUT2D eigenvalue weighted by Crippen LogP contribution is -2.49. The normalized spacial score (nSPS) is 15.2. The van der Waals surface area contributed by atoms with Crippen molar-refractivity contribution in [3.05, 3.63) is 0 Å². The molecule has 21 heavy (non-hydrogen) atoms. The number of carbonyl (C=O) groups is 2. The molecule has 0 radical (unpaired) electrons. The Hall–Kier alpha value is -1.20. The maximum absolute atomic E-state index is 11.7. The van der Waals surface area contributed by atoms with E-state index >= 15 is 0 Å². The van der Waals surface area contributed by atoms with E-state index in [1.807, 2.05) is 0 Å². The molecule has 0 aromatic heterocycles. The second-order valence-electron chi connectivity index (χ2n) is 4.84. The van der Waals surface area contributed by atoms with Gasteiger partial charge >= 0.3 is 5.97 Å². The van der Waals surface area contributed by atoms with Crippen LogP contribution in [-0.2, 0) is 29.3 Å². The summed E-state index contributed by atoms with van der Waals surface area (Å²) in [7, 11) is -6.65. The Bertz CT molecular complexity index is 583. The Morgan fingerprint density at radius 1 is 1.05 bits per heavy atom. The Morgan fingerprint density at radius 2 is 1.48 bits per heavy atom. The molecule has 0 fully saturated rings. The van der Waals surface area contributed by atoms with E-state index in [9.17, 15) is 26.4 Å². The topological polar surface area (TPSA) is 161 Å². The number of rotatable bonds is 9. The number of carboxylic acids is 1. The third kappa shape index (κ3) is 10.2. The predicted octanol–water partition coefficient (Wildman–Crippen LogP) is -2.25. The lowest BCUT2D eigenvalue weighted by Gasteiger charge is -2.17. The van der Waals surface area contributed by atoms with Crippen molar-refractivity contribution in [1.29, 1.82) is 0 Å². The molecule has 2 unspecified atom stereocenters. The molecule has 0 bridgehead atoms. The minimum atomic E-state index is -3.36. The second kappa shape index (κ2) is 7.71. The number of carboxylic acid groups (broad SMARTS) is 1. The van der Waals surface area contributed by atoms with Crippen LogP contribution in [0.15, 0.2) is 0 Å². The number of hydrogen-bond acceptors (Lipinski definition) is 7. The maximum atomic E-state index is 11.7. The van der Waals surface area contributed by atoms with Crippen LogP contribution in [0.5, 0.6) is 0 Å². The molecule has 0 aliphatic rings. The fraction of sp³-hybridized carbons (Fsp3) is 0.800. The zero-order chi connectivity index (χ0) is 16.8. The summed E-state index contributed by atoms with van der Waals surface area (Å²) < 4.78 is 43.9. The zero-order valence-electron chi connectivity index (χ0n) is 11.8. The average Bonchev–Trinajstić information content (AvgIpc) is 2.28. The standard InChI is InChI=1S/C10H20N2O7S2/c1-20(16,17)5-3-7(11)9(13)12-8(10(14)15)4-6-21(2,18)19/h7-8H,3-6,11H2,1-2H3,(H,12,13)(H,14,15). The number of nitrogens with two attached hydrogens (primary N) is 1. The van der Waals surface area contributed by atoms with Crippen LogP contribution in [0.4, 0.5) is 0 Å². The number of aliphatic carboxylic acids is 1. The van der Waals surface area contributed by atoms with Crippen molar-refractivity contribution in [2.24, 2.45) is 5.73 Å². The number of amides is 1. The van der Waals surface area contributed by atoms with Crippen molar-refractivity contribution in [3.63, 3.8) is 0 Å². The van der Waals surface area contributed by atoms with Gasteiger partial charge < -0.3 is 16.2 Å². The van der Waals surface area contributed by atoms with Gasteiger partial charge in [-0.3, -0.25) is 4.79 Å². The molecule has 2 atom stereocenters. The number of carbonyl (C=O) groups excluding carboxylic acids is 1. The molecular formula is C10H20N2O7S2. The van der Waals surface area contributed by atoms with E-state index < -0.39 is 49.4 Å². The van der Waals surface area contributed by atoms with Gasteiger partial charge in [0.05, 0.1) is 17.5 Å². The van der Waals surface area contributed by atoms with Crippen molar-refractivity contribution in [2.45, 2.75) is 24.9 Å². The van der Waals surface area contributed by atoms with Crippen molar-refractivity contribution < 1.29 is 31.5 Å². The number of hydrogen-bond donors (Lipinski definition) is 3. The molecule has 0 rings (SSSR count). The van der Waals surface area contributed by atoms with Crippen LogP contribution < -0.4 is 11.1 Å². The summed E-state index contributed by atoms with van der Waals surface area (Å²) in [5.74, 6) is -2.92. The first-order chi connectivity index (χ1) is 9.32. The lowest BCUT2D eigenvalue weighted by molar-refractivity contribution is -0.142.